The predicted octanol–water partition coefficient (Wildman–Crippen LogP) is 0.736. The highest BCUT2D eigenvalue weighted by Gasteiger charge is 2.22. The van der Waals surface area contributed by atoms with E-state index in [1.54, 1.807) is 29.4 Å². The Morgan fingerprint density at radius 1 is 1.25 bits per heavy atom. The number of carboxylic acids is 1. The minimum atomic E-state index is -0.783. The highest BCUT2D eigenvalue weighted by molar-refractivity contribution is 5.93. The molecule has 7 heteroatoms. The molecule has 1 fully saturated rings. The topological polar surface area (TPSA) is 73.7 Å². The zero-order valence-corrected chi connectivity index (χ0v) is 11.9. The number of carbonyl (C=O) groups excluding carboxylic acids is 1. The Morgan fingerprint density at radius 3 is 2.50 bits per heavy atom. The second-order valence-corrected chi connectivity index (χ2v) is 4.52. The number of aliphatic carboxylic acids is 1. The third-order valence-corrected chi connectivity index (χ3v) is 3.21. The van der Waals surface area contributed by atoms with Crippen LogP contribution >= 0.6 is 12.4 Å². The van der Waals surface area contributed by atoms with E-state index in [0.29, 0.717) is 25.2 Å². The van der Waals surface area contributed by atoms with Crippen molar-refractivity contribution in [2.75, 3.05) is 32.7 Å². The van der Waals surface area contributed by atoms with Crippen LogP contribution in [0.4, 0.5) is 0 Å². The van der Waals surface area contributed by atoms with Crippen molar-refractivity contribution in [2.24, 2.45) is 0 Å². The molecule has 0 saturated carbocycles. The van der Waals surface area contributed by atoms with Crippen molar-refractivity contribution in [2.45, 2.75) is 6.42 Å². The molecule has 2 heterocycles. The minimum Gasteiger partial charge on any atom is -0.481 e. The first-order chi connectivity index (χ1) is 9.16. The molecule has 1 N–H and O–H groups in total. The van der Waals surface area contributed by atoms with E-state index in [0.717, 1.165) is 13.1 Å². The molecule has 0 radical (unpaired) electrons. The molecule has 1 aromatic heterocycles. The van der Waals surface area contributed by atoms with Crippen molar-refractivity contribution in [1.82, 2.24) is 14.8 Å². The number of nitrogens with zero attached hydrogens (tertiary/aromatic N) is 3. The van der Waals surface area contributed by atoms with Crippen LogP contribution in [0.25, 0.3) is 0 Å². The Bertz CT molecular complexity index is 447. The van der Waals surface area contributed by atoms with Gasteiger partial charge in [-0.25, -0.2) is 0 Å². The second kappa shape index (κ2) is 7.81. The molecule has 0 atom stereocenters. The standard InChI is InChI=1S/C13H17N3O3.ClH/c17-12(18)3-5-15-6-8-16(9-7-15)13(19)11-2-1-4-14-10-11;/h1-2,4,10H,3,5-9H2,(H,17,18);1H. The molecule has 0 aromatic carbocycles. The first-order valence-electron chi connectivity index (χ1n) is 6.30. The van der Waals surface area contributed by atoms with Gasteiger partial charge in [-0.15, -0.1) is 12.4 Å². The van der Waals surface area contributed by atoms with Crippen LogP contribution in [0.5, 0.6) is 0 Å². The van der Waals surface area contributed by atoms with Gasteiger partial charge in [-0.05, 0) is 12.1 Å². The first kappa shape index (κ1) is 16.4. The van der Waals surface area contributed by atoms with Crippen LogP contribution in [-0.2, 0) is 4.79 Å². The Balaban J connectivity index is 0.00000200. The zero-order chi connectivity index (χ0) is 13.7. The van der Waals surface area contributed by atoms with Gasteiger partial charge in [0.05, 0.1) is 12.0 Å². The Morgan fingerprint density at radius 2 is 1.95 bits per heavy atom. The van der Waals surface area contributed by atoms with Crippen LogP contribution in [0.1, 0.15) is 16.8 Å². The number of amides is 1. The third kappa shape index (κ3) is 4.47. The number of piperazine rings is 1. The molecular formula is C13H18ClN3O3. The summed E-state index contributed by atoms with van der Waals surface area (Å²) in [7, 11) is 0. The van der Waals surface area contributed by atoms with E-state index in [1.165, 1.54) is 0 Å². The van der Waals surface area contributed by atoms with E-state index in [2.05, 4.69) is 9.88 Å². The largest absolute Gasteiger partial charge is 0.481 e. The maximum atomic E-state index is 12.1. The number of hydrogen-bond donors (Lipinski definition) is 1. The van der Waals surface area contributed by atoms with Crippen LogP contribution in [0.2, 0.25) is 0 Å². The van der Waals surface area contributed by atoms with Gasteiger partial charge in [0.1, 0.15) is 0 Å². The van der Waals surface area contributed by atoms with E-state index >= 15 is 0 Å². The highest BCUT2D eigenvalue weighted by atomic mass is 35.5. The van der Waals surface area contributed by atoms with E-state index in [9.17, 15) is 9.59 Å². The summed E-state index contributed by atoms with van der Waals surface area (Å²) in [5.74, 6) is -0.792. The van der Waals surface area contributed by atoms with Crippen molar-refractivity contribution in [3.05, 3.63) is 30.1 Å². The molecule has 0 bridgehead atoms. The van der Waals surface area contributed by atoms with Gasteiger partial charge in [0, 0.05) is 45.1 Å². The molecule has 6 nitrogen and oxygen atoms in total. The number of rotatable bonds is 4. The van der Waals surface area contributed by atoms with Crippen molar-refractivity contribution in [3.63, 3.8) is 0 Å². The summed E-state index contributed by atoms with van der Waals surface area (Å²) in [5, 5.41) is 8.63. The van der Waals surface area contributed by atoms with Gasteiger partial charge < -0.3 is 10.0 Å². The molecule has 110 valence electrons. The summed E-state index contributed by atoms with van der Waals surface area (Å²) in [4.78, 5) is 30.4. The average Bonchev–Trinajstić information content (AvgIpc) is 2.46. The van der Waals surface area contributed by atoms with Gasteiger partial charge in [-0.1, -0.05) is 0 Å². The van der Waals surface area contributed by atoms with E-state index in [4.69, 9.17) is 5.11 Å². The molecule has 1 aliphatic rings. The SMILES string of the molecule is Cl.O=C(O)CCN1CCN(C(=O)c2cccnc2)CC1. The summed E-state index contributed by atoms with van der Waals surface area (Å²) in [5.41, 5.74) is 0.599. The maximum absolute atomic E-state index is 12.1. The second-order valence-electron chi connectivity index (χ2n) is 4.52. The first-order valence-corrected chi connectivity index (χ1v) is 6.30. The molecule has 1 amide bonds. The number of aromatic nitrogens is 1. The minimum absolute atomic E-state index is 0. The fraction of sp³-hybridized carbons (Fsp3) is 0.462. The maximum Gasteiger partial charge on any atom is 0.304 e. The van der Waals surface area contributed by atoms with Crippen LogP contribution in [-0.4, -0.2) is 64.5 Å². The normalized spacial score (nSPS) is 15.5. The molecule has 20 heavy (non-hydrogen) atoms. The quantitative estimate of drug-likeness (QED) is 0.887. The number of carbonyl (C=O) groups is 2. The summed E-state index contributed by atoms with van der Waals surface area (Å²) in [6.07, 6.45) is 3.36. The molecule has 1 aliphatic heterocycles. The zero-order valence-electron chi connectivity index (χ0n) is 11.1. The molecule has 1 saturated heterocycles. The van der Waals surface area contributed by atoms with Gasteiger partial charge in [-0.3, -0.25) is 19.5 Å². The molecule has 2 rings (SSSR count). The van der Waals surface area contributed by atoms with Crippen LogP contribution in [0.15, 0.2) is 24.5 Å². The van der Waals surface area contributed by atoms with Gasteiger partial charge in [0.2, 0.25) is 0 Å². The third-order valence-electron chi connectivity index (χ3n) is 3.21. The lowest BCUT2D eigenvalue weighted by Gasteiger charge is -2.34. The Labute approximate surface area is 123 Å². The van der Waals surface area contributed by atoms with Crippen LogP contribution < -0.4 is 0 Å². The summed E-state index contributed by atoms with van der Waals surface area (Å²) < 4.78 is 0. The molecule has 1 aromatic rings. The Hall–Kier alpha value is -1.66. The monoisotopic (exact) mass is 299 g/mol. The summed E-state index contributed by atoms with van der Waals surface area (Å²) in [6.45, 7) is 3.25. The Kier molecular flexibility index (Phi) is 6.41. The van der Waals surface area contributed by atoms with Crippen molar-refractivity contribution in [3.8, 4) is 0 Å². The van der Waals surface area contributed by atoms with Crippen molar-refractivity contribution in [1.29, 1.82) is 0 Å². The number of halogens is 1. The molecule has 0 aliphatic carbocycles. The van der Waals surface area contributed by atoms with Crippen LogP contribution in [0.3, 0.4) is 0 Å². The average molecular weight is 300 g/mol. The van der Waals surface area contributed by atoms with Gasteiger partial charge >= 0.3 is 5.97 Å². The number of pyridine rings is 1. The summed E-state index contributed by atoms with van der Waals surface area (Å²) in [6, 6.07) is 3.50. The van der Waals surface area contributed by atoms with E-state index in [-0.39, 0.29) is 24.7 Å². The van der Waals surface area contributed by atoms with E-state index < -0.39 is 5.97 Å². The molecule has 0 unspecified atom stereocenters. The van der Waals surface area contributed by atoms with Crippen molar-refractivity contribution < 1.29 is 14.7 Å². The van der Waals surface area contributed by atoms with Gasteiger partial charge in [-0.2, -0.15) is 0 Å². The highest BCUT2D eigenvalue weighted by Crippen LogP contribution is 2.08. The fourth-order valence-electron chi connectivity index (χ4n) is 2.10. The smallest absolute Gasteiger partial charge is 0.304 e. The predicted molar refractivity (Wildman–Crippen MR) is 76.1 cm³/mol. The van der Waals surface area contributed by atoms with Gasteiger partial charge in [0.25, 0.3) is 5.91 Å². The number of carboxylic acid groups (broad SMARTS) is 1. The number of hydrogen-bond acceptors (Lipinski definition) is 4. The van der Waals surface area contributed by atoms with E-state index in [1.807, 2.05) is 0 Å². The fourth-order valence-corrected chi connectivity index (χ4v) is 2.10. The lowest BCUT2D eigenvalue weighted by Crippen LogP contribution is -2.49. The lowest BCUT2D eigenvalue weighted by atomic mass is 10.2. The van der Waals surface area contributed by atoms with Gasteiger partial charge in [0.15, 0.2) is 0 Å². The van der Waals surface area contributed by atoms with Crippen LogP contribution in [0, 0.1) is 0 Å². The lowest BCUT2D eigenvalue weighted by molar-refractivity contribution is -0.137. The summed E-state index contributed by atoms with van der Waals surface area (Å²) >= 11 is 0. The molecule has 0 spiro atoms. The van der Waals surface area contributed by atoms with Crippen molar-refractivity contribution >= 4 is 24.3 Å². The molecular weight excluding hydrogens is 282 g/mol.